The summed E-state index contributed by atoms with van der Waals surface area (Å²) in [5.41, 5.74) is 5.33. The Bertz CT molecular complexity index is 227. The van der Waals surface area contributed by atoms with Crippen LogP contribution < -0.4 is 5.73 Å². The third kappa shape index (κ3) is 3.67. The third-order valence-electron chi connectivity index (χ3n) is 1.37. The number of ether oxygens (including phenoxy) is 1. The van der Waals surface area contributed by atoms with E-state index in [1.54, 1.807) is 11.3 Å². The van der Waals surface area contributed by atoms with Crippen LogP contribution in [0.3, 0.4) is 0 Å². The number of nitrogens with two attached hydrogens (primary N) is 1. The summed E-state index contributed by atoms with van der Waals surface area (Å²) >= 11 is 5.10. The first kappa shape index (κ1) is 10.2. The summed E-state index contributed by atoms with van der Waals surface area (Å²) in [7, 11) is 0. The maximum Gasteiger partial charge on any atom is 0.0809 e. The summed E-state index contributed by atoms with van der Waals surface area (Å²) in [6, 6.07) is 4.10. The maximum atomic E-state index is 5.38. The van der Waals surface area contributed by atoms with Gasteiger partial charge in [0.2, 0.25) is 0 Å². The van der Waals surface area contributed by atoms with Crippen molar-refractivity contribution in [3.8, 4) is 0 Å². The lowest BCUT2D eigenvalue weighted by Crippen LogP contribution is -2.03. The van der Waals surface area contributed by atoms with E-state index in [0.29, 0.717) is 13.2 Å². The molecule has 12 heavy (non-hydrogen) atoms. The molecule has 0 radical (unpaired) electrons. The topological polar surface area (TPSA) is 35.2 Å². The van der Waals surface area contributed by atoms with Gasteiger partial charge in [-0.3, -0.25) is 0 Å². The third-order valence-corrected chi connectivity index (χ3v) is 2.96. The van der Waals surface area contributed by atoms with Crippen LogP contribution in [0.25, 0.3) is 0 Å². The van der Waals surface area contributed by atoms with E-state index < -0.39 is 0 Å². The minimum Gasteiger partial charge on any atom is -0.376 e. The molecule has 0 saturated carbocycles. The lowest BCUT2D eigenvalue weighted by molar-refractivity contribution is 0.122. The monoisotopic (exact) mass is 249 g/mol. The average Bonchev–Trinajstić information content (AvgIpc) is 2.45. The fourth-order valence-electron chi connectivity index (χ4n) is 0.787. The molecule has 1 aromatic heterocycles. The lowest BCUT2D eigenvalue weighted by Gasteiger charge is -1.99. The first-order valence-electron chi connectivity index (χ1n) is 3.85. The van der Waals surface area contributed by atoms with Crippen molar-refractivity contribution in [3.05, 3.63) is 20.8 Å². The Balaban J connectivity index is 2.15. The second-order valence-electron chi connectivity index (χ2n) is 2.40. The molecular formula is C8H12BrNOS. The lowest BCUT2D eigenvalue weighted by atomic mass is 10.4. The van der Waals surface area contributed by atoms with E-state index in [-0.39, 0.29) is 0 Å². The van der Waals surface area contributed by atoms with E-state index in [2.05, 4.69) is 22.0 Å². The highest BCUT2D eigenvalue weighted by Gasteiger charge is 1.96. The molecule has 0 unspecified atom stereocenters. The van der Waals surface area contributed by atoms with Crippen LogP contribution in [0.1, 0.15) is 11.3 Å². The number of rotatable bonds is 5. The molecule has 0 amide bonds. The van der Waals surface area contributed by atoms with Gasteiger partial charge in [0.25, 0.3) is 0 Å². The summed E-state index contributed by atoms with van der Waals surface area (Å²) in [6.07, 6.45) is 0.937. The van der Waals surface area contributed by atoms with Crippen LogP contribution in [-0.4, -0.2) is 13.2 Å². The Kier molecular flexibility index (Phi) is 4.83. The van der Waals surface area contributed by atoms with Crippen molar-refractivity contribution in [3.63, 3.8) is 0 Å². The zero-order valence-electron chi connectivity index (χ0n) is 6.75. The Labute approximate surface area is 84.9 Å². The van der Waals surface area contributed by atoms with Crippen molar-refractivity contribution in [1.82, 2.24) is 0 Å². The van der Waals surface area contributed by atoms with Crippen molar-refractivity contribution in [2.75, 3.05) is 13.2 Å². The Hall–Kier alpha value is 0.1000. The van der Waals surface area contributed by atoms with Crippen molar-refractivity contribution >= 4 is 27.3 Å². The first-order valence-corrected chi connectivity index (χ1v) is 5.46. The first-order chi connectivity index (χ1) is 5.83. The molecule has 0 aliphatic heterocycles. The smallest absolute Gasteiger partial charge is 0.0809 e. The minimum atomic E-state index is 0.703. The summed E-state index contributed by atoms with van der Waals surface area (Å²) < 4.78 is 6.54. The SMILES string of the molecule is NCCCOCc1ccc(Br)s1. The molecule has 1 aromatic rings. The highest BCUT2D eigenvalue weighted by Crippen LogP contribution is 2.22. The van der Waals surface area contributed by atoms with Crippen LogP contribution >= 0.6 is 27.3 Å². The van der Waals surface area contributed by atoms with Crippen LogP contribution in [0.5, 0.6) is 0 Å². The highest BCUT2D eigenvalue weighted by molar-refractivity contribution is 9.11. The molecule has 0 aliphatic carbocycles. The second kappa shape index (κ2) is 5.70. The number of halogens is 1. The molecule has 1 heterocycles. The van der Waals surface area contributed by atoms with Crippen molar-refractivity contribution in [2.24, 2.45) is 5.73 Å². The predicted octanol–water partition coefficient (Wildman–Crippen LogP) is 2.38. The van der Waals surface area contributed by atoms with Gasteiger partial charge in [-0.1, -0.05) is 0 Å². The van der Waals surface area contributed by atoms with E-state index in [9.17, 15) is 0 Å². The standard InChI is InChI=1S/C8H12BrNOS/c9-8-3-2-7(12-8)6-11-5-1-4-10/h2-3H,1,4-6,10H2. The van der Waals surface area contributed by atoms with Crippen LogP contribution in [0, 0.1) is 0 Å². The highest BCUT2D eigenvalue weighted by atomic mass is 79.9. The van der Waals surface area contributed by atoms with Gasteiger partial charge in [-0.2, -0.15) is 0 Å². The van der Waals surface area contributed by atoms with Gasteiger partial charge in [-0.05, 0) is 41.0 Å². The number of thiophene rings is 1. The van der Waals surface area contributed by atoms with Gasteiger partial charge in [-0.25, -0.2) is 0 Å². The van der Waals surface area contributed by atoms with Crippen LogP contribution in [0.15, 0.2) is 15.9 Å². The van der Waals surface area contributed by atoms with E-state index >= 15 is 0 Å². The van der Waals surface area contributed by atoms with Crippen LogP contribution in [0.4, 0.5) is 0 Å². The molecule has 2 nitrogen and oxygen atoms in total. The summed E-state index contributed by atoms with van der Waals surface area (Å²) in [5.74, 6) is 0. The molecule has 0 aromatic carbocycles. The Morgan fingerprint density at radius 2 is 2.33 bits per heavy atom. The van der Waals surface area contributed by atoms with Gasteiger partial charge >= 0.3 is 0 Å². The maximum absolute atomic E-state index is 5.38. The zero-order chi connectivity index (χ0) is 8.81. The van der Waals surface area contributed by atoms with Gasteiger partial charge in [-0.15, -0.1) is 11.3 Å². The van der Waals surface area contributed by atoms with Gasteiger partial charge < -0.3 is 10.5 Å². The Morgan fingerprint density at radius 3 is 2.92 bits per heavy atom. The van der Waals surface area contributed by atoms with Gasteiger partial charge in [0, 0.05) is 11.5 Å². The minimum absolute atomic E-state index is 0.703. The fourth-order valence-corrected chi connectivity index (χ4v) is 2.21. The normalized spacial score (nSPS) is 10.5. The molecule has 4 heteroatoms. The zero-order valence-corrected chi connectivity index (χ0v) is 9.16. The van der Waals surface area contributed by atoms with Crippen LogP contribution in [0.2, 0.25) is 0 Å². The molecular weight excluding hydrogens is 238 g/mol. The van der Waals surface area contributed by atoms with Crippen molar-refractivity contribution in [1.29, 1.82) is 0 Å². The number of hydrogen-bond acceptors (Lipinski definition) is 3. The van der Waals surface area contributed by atoms with E-state index in [1.807, 2.05) is 6.07 Å². The van der Waals surface area contributed by atoms with Gasteiger partial charge in [0.15, 0.2) is 0 Å². The second-order valence-corrected chi connectivity index (χ2v) is 4.95. The Morgan fingerprint density at radius 1 is 1.50 bits per heavy atom. The van der Waals surface area contributed by atoms with Crippen molar-refractivity contribution in [2.45, 2.75) is 13.0 Å². The molecule has 0 bridgehead atoms. The summed E-state index contributed by atoms with van der Waals surface area (Å²) in [4.78, 5) is 1.25. The molecule has 0 aliphatic rings. The van der Waals surface area contributed by atoms with Gasteiger partial charge in [0.1, 0.15) is 0 Å². The summed E-state index contributed by atoms with van der Waals surface area (Å²) in [5, 5.41) is 0. The van der Waals surface area contributed by atoms with Gasteiger partial charge in [0.05, 0.1) is 10.4 Å². The van der Waals surface area contributed by atoms with Crippen molar-refractivity contribution < 1.29 is 4.74 Å². The molecule has 0 atom stereocenters. The quantitative estimate of drug-likeness (QED) is 0.814. The molecule has 2 N–H and O–H groups in total. The predicted molar refractivity (Wildman–Crippen MR) is 55.3 cm³/mol. The van der Waals surface area contributed by atoms with E-state index in [1.165, 1.54) is 4.88 Å². The molecule has 0 fully saturated rings. The average molecular weight is 250 g/mol. The van der Waals surface area contributed by atoms with Crippen LogP contribution in [-0.2, 0) is 11.3 Å². The van der Waals surface area contributed by atoms with E-state index in [0.717, 1.165) is 16.8 Å². The molecule has 1 rings (SSSR count). The number of hydrogen-bond donors (Lipinski definition) is 1. The fraction of sp³-hybridized carbons (Fsp3) is 0.500. The summed E-state index contributed by atoms with van der Waals surface area (Å²) in [6.45, 7) is 2.16. The molecule has 0 spiro atoms. The molecule has 68 valence electrons. The largest absolute Gasteiger partial charge is 0.376 e. The van der Waals surface area contributed by atoms with E-state index in [4.69, 9.17) is 10.5 Å². The molecule has 0 saturated heterocycles.